The number of hydrogen-bond donors (Lipinski definition) is 5. The number of nitrogens with zero attached hydrogens (tertiary/aromatic N) is 5. The van der Waals surface area contributed by atoms with E-state index in [1.165, 1.54) is 25.8 Å². The molecule has 0 aromatic carbocycles. The first-order valence-electron chi connectivity index (χ1n) is 11.6. The van der Waals surface area contributed by atoms with Crippen molar-refractivity contribution in [1.82, 2.24) is 29.1 Å². The van der Waals surface area contributed by atoms with Gasteiger partial charge in [-0.25, -0.2) is 24.3 Å². The Morgan fingerprint density at radius 2 is 1.95 bits per heavy atom. The minimum absolute atomic E-state index is 0.0365. The van der Waals surface area contributed by atoms with Gasteiger partial charge in [0.2, 0.25) is 0 Å². The van der Waals surface area contributed by atoms with Crippen molar-refractivity contribution in [1.29, 1.82) is 0 Å². The molecule has 0 bridgehead atoms. The zero-order valence-corrected chi connectivity index (χ0v) is 21.8. The van der Waals surface area contributed by atoms with Gasteiger partial charge in [0, 0.05) is 24.6 Å². The van der Waals surface area contributed by atoms with Gasteiger partial charge in [-0.1, -0.05) is 12.2 Å². The summed E-state index contributed by atoms with van der Waals surface area (Å²) in [7, 11) is 0. The van der Waals surface area contributed by atoms with Crippen LogP contribution in [0.25, 0.3) is 11.2 Å². The fourth-order valence-corrected chi connectivity index (χ4v) is 5.96. The summed E-state index contributed by atoms with van der Waals surface area (Å²) in [4.78, 5) is 38.2. The van der Waals surface area contributed by atoms with Gasteiger partial charge < -0.3 is 25.4 Å². The summed E-state index contributed by atoms with van der Waals surface area (Å²) in [6, 6.07) is 0. The summed E-state index contributed by atoms with van der Waals surface area (Å²) >= 11 is 4.04. The van der Waals surface area contributed by atoms with Crippen molar-refractivity contribution < 1.29 is 33.3 Å². The molecular formula is C20H26N7O9PS. The van der Waals surface area contributed by atoms with Gasteiger partial charge in [0.15, 0.2) is 11.5 Å². The number of nitrogen functional groups attached to an aromatic ring is 1. The number of thiol groups is 1. The number of nitrogens with one attached hydrogen (secondary N) is 1. The molecular weight excluding hydrogens is 545 g/mol. The topological polar surface area (TPSA) is 219 Å². The van der Waals surface area contributed by atoms with Crippen molar-refractivity contribution in [3.8, 4) is 0 Å². The summed E-state index contributed by atoms with van der Waals surface area (Å²) in [5, 5.41) is 20.2. The third-order valence-corrected chi connectivity index (χ3v) is 8.03. The third-order valence-electron chi connectivity index (χ3n) is 6.39. The molecule has 3 unspecified atom stereocenters. The second-order valence-electron chi connectivity index (χ2n) is 8.95. The lowest BCUT2D eigenvalue weighted by atomic mass is 10.2. The minimum Gasteiger partial charge on any atom is -0.394 e. The van der Waals surface area contributed by atoms with Crippen molar-refractivity contribution in [3.05, 3.63) is 45.3 Å². The van der Waals surface area contributed by atoms with Crippen molar-refractivity contribution >= 4 is 36.0 Å². The number of H-pyrrole nitrogens is 1. The van der Waals surface area contributed by atoms with Crippen LogP contribution in [-0.2, 0) is 23.1 Å². The molecule has 5 heterocycles. The zero-order chi connectivity index (χ0) is 27.2. The molecule has 18 heteroatoms. The average Bonchev–Trinajstić information content (AvgIpc) is 3.57. The van der Waals surface area contributed by atoms with Gasteiger partial charge in [0.05, 0.1) is 25.6 Å². The molecule has 0 radical (unpaired) electrons. The average molecular weight is 572 g/mol. The van der Waals surface area contributed by atoms with Crippen LogP contribution in [0.5, 0.6) is 0 Å². The summed E-state index contributed by atoms with van der Waals surface area (Å²) in [5.74, 6) is 0.200. The van der Waals surface area contributed by atoms with Gasteiger partial charge in [-0.2, -0.15) is 0 Å². The number of aromatic nitrogens is 6. The van der Waals surface area contributed by atoms with E-state index in [0.717, 1.165) is 4.57 Å². The molecule has 5 rings (SSSR count). The predicted molar refractivity (Wildman–Crippen MR) is 133 cm³/mol. The Morgan fingerprint density at radius 1 is 1.21 bits per heavy atom. The quantitative estimate of drug-likeness (QED) is 0.172. The number of aromatic amines is 1. The predicted octanol–water partition coefficient (Wildman–Crippen LogP) is -0.365. The van der Waals surface area contributed by atoms with Crippen molar-refractivity contribution in [2.75, 3.05) is 18.9 Å². The third kappa shape index (κ3) is 5.28. The maximum atomic E-state index is 13.0. The molecule has 206 valence electrons. The van der Waals surface area contributed by atoms with Crippen LogP contribution in [0.15, 0.2) is 28.4 Å². The Morgan fingerprint density at radius 3 is 2.71 bits per heavy atom. The molecule has 0 amide bonds. The molecule has 2 aliphatic rings. The normalized spacial score (nSPS) is 29.2. The highest BCUT2D eigenvalue weighted by Gasteiger charge is 2.42. The molecule has 16 nitrogen and oxygen atoms in total. The van der Waals surface area contributed by atoms with Crippen LogP contribution in [0.4, 0.5) is 5.82 Å². The molecule has 0 saturated carbocycles. The first-order chi connectivity index (χ1) is 18.1. The van der Waals surface area contributed by atoms with E-state index >= 15 is 0 Å². The first kappa shape index (κ1) is 27.0. The van der Waals surface area contributed by atoms with Crippen LogP contribution in [-0.4, -0.2) is 76.9 Å². The Labute approximate surface area is 219 Å². The molecule has 2 aliphatic heterocycles. The first-order valence-corrected chi connectivity index (χ1v) is 14.3. The van der Waals surface area contributed by atoms with Crippen LogP contribution in [0.3, 0.4) is 0 Å². The van der Waals surface area contributed by atoms with E-state index in [4.69, 9.17) is 24.3 Å². The molecule has 38 heavy (non-hydrogen) atoms. The van der Waals surface area contributed by atoms with E-state index in [9.17, 15) is 24.4 Å². The standard InChI is InChI=1S/C20H26N7O9PS/c1-9-4-26(20(31)25-19(9)30)14-2-10(29)13(35-14)6-33-37(32,38)36-11-3-15(34-12(11)5-28)27-8-24-16-17(21)22-7-23-18(16)27/h4,7-8,10-15,28-29H,2-3,5-6H2,1H3,(H,32,38)(H2,21,22,23)(H,25,30,31)/t10?,11?,12-,13-,14-,15-,37?/m1/s1. The second kappa shape index (κ2) is 10.5. The van der Waals surface area contributed by atoms with Crippen LogP contribution in [0, 0.1) is 6.92 Å². The molecule has 0 aliphatic carbocycles. The highest BCUT2D eigenvalue weighted by atomic mass is 32.7. The number of fused-ring (bicyclic) bond motifs is 1. The van der Waals surface area contributed by atoms with Crippen LogP contribution in [0.1, 0.15) is 30.9 Å². The number of anilines is 1. The SMILES string of the molecule is Cc1cn([C@H]2CC(O)[C@@H](COP(=O)(S)OC3C[C@H](n4cnc5c(N)ncnc54)O[C@@H]3CO)O2)c(=O)[nH]c1=O. The highest BCUT2D eigenvalue weighted by Crippen LogP contribution is 2.56. The van der Waals surface area contributed by atoms with E-state index in [2.05, 4.69) is 32.2 Å². The van der Waals surface area contributed by atoms with Gasteiger partial charge in [0.1, 0.15) is 42.6 Å². The molecule has 3 aromatic heterocycles. The molecule has 5 N–H and O–H groups in total. The molecule has 2 fully saturated rings. The number of ether oxygens (including phenoxy) is 2. The summed E-state index contributed by atoms with van der Waals surface area (Å²) in [6.07, 6.45) is -0.963. The molecule has 0 spiro atoms. The number of imidazole rings is 1. The minimum atomic E-state index is -4.02. The van der Waals surface area contributed by atoms with Gasteiger partial charge in [0.25, 0.3) is 5.56 Å². The van der Waals surface area contributed by atoms with E-state index < -0.39 is 61.5 Å². The van der Waals surface area contributed by atoms with Crippen LogP contribution >= 0.6 is 19.0 Å². The lowest BCUT2D eigenvalue weighted by molar-refractivity contribution is -0.0498. The Kier molecular flexibility index (Phi) is 7.45. The Hall–Kier alpha value is -2.63. The van der Waals surface area contributed by atoms with E-state index in [1.54, 1.807) is 4.57 Å². The lowest BCUT2D eigenvalue weighted by Crippen LogP contribution is -2.33. The smallest absolute Gasteiger partial charge is 0.386 e. The number of aliphatic hydroxyl groups excluding tert-OH is 2. The van der Waals surface area contributed by atoms with E-state index in [1.807, 2.05) is 0 Å². The molecule has 7 atom stereocenters. The molecule has 2 saturated heterocycles. The van der Waals surface area contributed by atoms with Crippen molar-refractivity contribution in [2.24, 2.45) is 0 Å². The number of hydrogen-bond acceptors (Lipinski definition) is 13. The largest absolute Gasteiger partial charge is 0.394 e. The lowest BCUT2D eigenvalue weighted by Gasteiger charge is -2.22. The summed E-state index contributed by atoms with van der Waals surface area (Å²) in [6.45, 7) is -3.28. The maximum absolute atomic E-state index is 13.0. The zero-order valence-electron chi connectivity index (χ0n) is 20.0. The monoisotopic (exact) mass is 571 g/mol. The Balaban J connectivity index is 1.22. The molecule has 3 aromatic rings. The second-order valence-corrected chi connectivity index (χ2v) is 11.8. The number of nitrogens with two attached hydrogens (primary N) is 1. The fourth-order valence-electron chi connectivity index (χ4n) is 4.43. The van der Waals surface area contributed by atoms with Crippen LogP contribution < -0.4 is 17.0 Å². The summed E-state index contributed by atoms with van der Waals surface area (Å²) in [5.41, 5.74) is 5.73. The number of aryl methyl sites for hydroxylation is 1. The van der Waals surface area contributed by atoms with Crippen molar-refractivity contribution in [3.63, 3.8) is 0 Å². The maximum Gasteiger partial charge on any atom is 0.386 e. The fraction of sp³-hybridized carbons (Fsp3) is 0.550. The summed E-state index contributed by atoms with van der Waals surface area (Å²) < 4.78 is 38.4. The number of aliphatic hydroxyl groups is 2. The van der Waals surface area contributed by atoms with E-state index in [-0.39, 0.29) is 25.3 Å². The van der Waals surface area contributed by atoms with E-state index in [0.29, 0.717) is 16.7 Å². The number of rotatable bonds is 8. The van der Waals surface area contributed by atoms with Gasteiger partial charge >= 0.3 is 12.5 Å². The van der Waals surface area contributed by atoms with Crippen molar-refractivity contribution in [2.45, 2.75) is 56.6 Å². The van der Waals surface area contributed by atoms with Gasteiger partial charge in [-0.3, -0.25) is 28.0 Å². The van der Waals surface area contributed by atoms with Gasteiger partial charge in [-0.05, 0) is 6.92 Å². The highest BCUT2D eigenvalue weighted by molar-refractivity contribution is 8.44. The van der Waals surface area contributed by atoms with Gasteiger partial charge in [-0.15, -0.1) is 0 Å². The van der Waals surface area contributed by atoms with Crippen LogP contribution in [0.2, 0.25) is 0 Å². The Bertz CT molecular complexity index is 1500.